The van der Waals surface area contributed by atoms with Crippen molar-refractivity contribution < 1.29 is 9.72 Å². The van der Waals surface area contributed by atoms with E-state index in [0.717, 1.165) is 19.3 Å². The number of rotatable bonds is 4. The van der Waals surface area contributed by atoms with Crippen molar-refractivity contribution in [1.29, 1.82) is 0 Å². The summed E-state index contributed by atoms with van der Waals surface area (Å²) >= 11 is 3.29. The average Bonchev–Trinajstić information content (AvgIpc) is 2.89. The molecular weight excluding hydrogens is 326 g/mol. The van der Waals surface area contributed by atoms with Gasteiger partial charge in [0.1, 0.15) is 0 Å². The molecule has 0 aromatic heterocycles. The summed E-state index contributed by atoms with van der Waals surface area (Å²) in [5, 5.41) is 13.5. The molecule has 1 amide bonds. The Bertz CT molecular complexity index is 536. The average molecular weight is 342 g/mol. The third-order valence-corrected chi connectivity index (χ3v) is 4.41. The first kappa shape index (κ1) is 14.9. The van der Waals surface area contributed by atoms with E-state index < -0.39 is 4.92 Å². The van der Waals surface area contributed by atoms with Crippen molar-refractivity contribution in [3.8, 4) is 0 Å². The van der Waals surface area contributed by atoms with Crippen molar-refractivity contribution in [2.75, 3.05) is 11.9 Å². The van der Waals surface area contributed by atoms with Gasteiger partial charge in [-0.1, -0.05) is 6.42 Å². The molecule has 0 saturated heterocycles. The van der Waals surface area contributed by atoms with E-state index in [9.17, 15) is 14.9 Å². The number of halogens is 1. The van der Waals surface area contributed by atoms with Crippen LogP contribution in [0.2, 0.25) is 0 Å². The maximum atomic E-state index is 12.3. The molecule has 6 nitrogen and oxygen atoms in total. The van der Waals surface area contributed by atoms with Crippen LogP contribution >= 0.6 is 15.9 Å². The van der Waals surface area contributed by atoms with Gasteiger partial charge in [-0.2, -0.15) is 0 Å². The minimum absolute atomic E-state index is 0.0507. The Hall–Kier alpha value is -1.47. The largest absolute Gasteiger partial charge is 0.330 e. The lowest BCUT2D eigenvalue weighted by atomic mass is 9.95. The van der Waals surface area contributed by atoms with Crippen LogP contribution in [-0.2, 0) is 4.79 Å². The Morgan fingerprint density at radius 1 is 1.50 bits per heavy atom. The second-order valence-electron chi connectivity index (χ2n) is 4.94. The zero-order valence-electron chi connectivity index (χ0n) is 10.8. The van der Waals surface area contributed by atoms with E-state index in [0.29, 0.717) is 16.7 Å². The van der Waals surface area contributed by atoms with E-state index in [1.807, 2.05) is 0 Å². The van der Waals surface area contributed by atoms with Crippen molar-refractivity contribution in [3.05, 3.63) is 32.8 Å². The lowest BCUT2D eigenvalue weighted by molar-refractivity contribution is -0.384. The van der Waals surface area contributed by atoms with Crippen LogP contribution in [0, 0.1) is 22.0 Å². The zero-order valence-corrected chi connectivity index (χ0v) is 12.4. The third-order valence-electron chi connectivity index (χ3n) is 3.72. The van der Waals surface area contributed by atoms with Gasteiger partial charge in [-0.15, -0.1) is 0 Å². The molecule has 2 unspecified atom stereocenters. The van der Waals surface area contributed by atoms with Gasteiger partial charge in [0.15, 0.2) is 0 Å². The maximum absolute atomic E-state index is 12.3. The summed E-state index contributed by atoms with van der Waals surface area (Å²) in [6.07, 6.45) is 2.78. The van der Waals surface area contributed by atoms with E-state index in [1.54, 1.807) is 6.07 Å². The highest BCUT2D eigenvalue weighted by atomic mass is 79.9. The number of nitro benzene ring substituents is 1. The van der Waals surface area contributed by atoms with Crippen LogP contribution in [0.4, 0.5) is 11.4 Å². The number of nitrogens with one attached hydrogen (secondary N) is 1. The Morgan fingerprint density at radius 3 is 2.90 bits per heavy atom. The molecule has 1 saturated carbocycles. The molecule has 1 fully saturated rings. The van der Waals surface area contributed by atoms with E-state index in [-0.39, 0.29) is 23.4 Å². The Morgan fingerprint density at radius 2 is 2.25 bits per heavy atom. The standard InChI is InChI=1S/C13H16BrN3O3/c14-11-5-4-9(17(19)20)6-12(11)16-13(18)10-3-1-2-8(10)7-15/h4-6,8,10H,1-3,7,15H2,(H,16,18). The number of benzene rings is 1. The van der Waals surface area contributed by atoms with E-state index in [4.69, 9.17) is 5.73 Å². The van der Waals surface area contributed by atoms with Gasteiger partial charge in [0.25, 0.3) is 5.69 Å². The summed E-state index contributed by atoms with van der Waals surface area (Å²) < 4.78 is 0.624. The van der Waals surface area contributed by atoms with Crippen molar-refractivity contribution in [2.24, 2.45) is 17.6 Å². The van der Waals surface area contributed by atoms with Gasteiger partial charge in [0.2, 0.25) is 5.91 Å². The number of hydrogen-bond donors (Lipinski definition) is 2. The van der Waals surface area contributed by atoms with Crippen LogP contribution in [0.15, 0.2) is 22.7 Å². The fourth-order valence-corrected chi connectivity index (χ4v) is 2.96. The number of anilines is 1. The first-order valence-electron chi connectivity index (χ1n) is 6.47. The summed E-state index contributed by atoms with van der Waals surface area (Å²) in [6, 6.07) is 4.30. The second-order valence-corrected chi connectivity index (χ2v) is 5.80. The highest BCUT2D eigenvalue weighted by Crippen LogP contribution is 2.33. The SMILES string of the molecule is NCC1CCCC1C(=O)Nc1cc([N+](=O)[O-])ccc1Br. The fraction of sp³-hybridized carbons (Fsp3) is 0.462. The molecular formula is C13H16BrN3O3. The zero-order chi connectivity index (χ0) is 14.7. The number of hydrogen-bond acceptors (Lipinski definition) is 4. The molecule has 1 aliphatic carbocycles. The van der Waals surface area contributed by atoms with Crippen molar-refractivity contribution >= 4 is 33.2 Å². The number of amides is 1. The second kappa shape index (κ2) is 6.32. The summed E-state index contributed by atoms with van der Waals surface area (Å²) in [7, 11) is 0. The molecule has 2 rings (SSSR count). The summed E-state index contributed by atoms with van der Waals surface area (Å²) in [5.41, 5.74) is 6.04. The van der Waals surface area contributed by atoms with Gasteiger partial charge in [0, 0.05) is 22.5 Å². The van der Waals surface area contributed by atoms with Gasteiger partial charge in [0.05, 0.1) is 10.6 Å². The third kappa shape index (κ3) is 3.16. The maximum Gasteiger partial charge on any atom is 0.271 e. The van der Waals surface area contributed by atoms with Crippen LogP contribution < -0.4 is 11.1 Å². The number of nitrogens with zero attached hydrogens (tertiary/aromatic N) is 1. The van der Waals surface area contributed by atoms with Crippen LogP contribution in [0.3, 0.4) is 0 Å². The number of carbonyl (C=O) groups is 1. The molecule has 0 radical (unpaired) electrons. The first-order valence-corrected chi connectivity index (χ1v) is 7.27. The van der Waals surface area contributed by atoms with Gasteiger partial charge in [-0.3, -0.25) is 14.9 Å². The van der Waals surface area contributed by atoms with E-state index in [2.05, 4.69) is 21.2 Å². The van der Waals surface area contributed by atoms with E-state index >= 15 is 0 Å². The monoisotopic (exact) mass is 341 g/mol. The van der Waals surface area contributed by atoms with Crippen LogP contribution in [0.5, 0.6) is 0 Å². The molecule has 7 heteroatoms. The molecule has 3 N–H and O–H groups in total. The van der Waals surface area contributed by atoms with Gasteiger partial charge >= 0.3 is 0 Å². The predicted molar refractivity (Wildman–Crippen MR) is 79.3 cm³/mol. The Balaban J connectivity index is 2.15. The highest BCUT2D eigenvalue weighted by Gasteiger charge is 2.32. The quantitative estimate of drug-likeness (QED) is 0.649. The molecule has 0 aliphatic heterocycles. The van der Waals surface area contributed by atoms with Gasteiger partial charge in [-0.25, -0.2) is 0 Å². The normalized spacial score (nSPS) is 21.7. The molecule has 1 aliphatic rings. The summed E-state index contributed by atoms with van der Waals surface area (Å²) in [5.74, 6) is -0.0159. The minimum Gasteiger partial charge on any atom is -0.330 e. The van der Waals surface area contributed by atoms with Crippen molar-refractivity contribution in [2.45, 2.75) is 19.3 Å². The number of nitrogens with two attached hydrogens (primary N) is 1. The summed E-state index contributed by atoms with van der Waals surface area (Å²) in [6.45, 7) is 0.494. The predicted octanol–water partition coefficient (Wildman–Crippen LogP) is 2.67. The molecule has 20 heavy (non-hydrogen) atoms. The molecule has 1 aromatic rings. The van der Waals surface area contributed by atoms with Gasteiger partial charge < -0.3 is 11.1 Å². The van der Waals surface area contributed by atoms with Gasteiger partial charge in [-0.05, 0) is 47.3 Å². The Kier molecular flexibility index (Phi) is 4.72. The molecule has 0 spiro atoms. The molecule has 0 bridgehead atoms. The highest BCUT2D eigenvalue weighted by molar-refractivity contribution is 9.10. The summed E-state index contributed by atoms with van der Waals surface area (Å²) in [4.78, 5) is 22.5. The molecule has 108 valence electrons. The minimum atomic E-state index is -0.486. The fourth-order valence-electron chi connectivity index (χ4n) is 2.61. The number of nitro groups is 1. The van der Waals surface area contributed by atoms with E-state index in [1.165, 1.54) is 12.1 Å². The molecule has 2 atom stereocenters. The van der Waals surface area contributed by atoms with Crippen molar-refractivity contribution in [1.82, 2.24) is 0 Å². The van der Waals surface area contributed by atoms with Crippen LogP contribution in [0.25, 0.3) is 0 Å². The van der Waals surface area contributed by atoms with Crippen LogP contribution in [-0.4, -0.2) is 17.4 Å². The van der Waals surface area contributed by atoms with Crippen LogP contribution in [0.1, 0.15) is 19.3 Å². The van der Waals surface area contributed by atoms with Crippen molar-refractivity contribution in [3.63, 3.8) is 0 Å². The number of non-ortho nitro benzene ring substituents is 1. The first-order chi connectivity index (χ1) is 9.52. The topological polar surface area (TPSA) is 98.3 Å². The Labute approximate surface area is 125 Å². The molecule has 0 heterocycles. The lowest BCUT2D eigenvalue weighted by Crippen LogP contribution is -2.29. The lowest BCUT2D eigenvalue weighted by Gasteiger charge is -2.17. The smallest absolute Gasteiger partial charge is 0.271 e. The molecule has 1 aromatic carbocycles. The number of carbonyl (C=O) groups excluding carboxylic acids is 1.